The summed E-state index contributed by atoms with van der Waals surface area (Å²) in [5, 5.41) is 2.52. The number of H-pyrrole nitrogens is 1. The van der Waals surface area contributed by atoms with Crippen LogP contribution in [0.1, 0.15) is 6.92 Å². The van der Waals surface area contributed by atoms with Gasteiger partial charge in [0.05, 0.1) is 12.4 Å². The number of hydrogen-bond donors (Lipinski definition) is 2. The van der Waals surface area contributed by atoms with Crippen LogP contribution < -0.4 is 5.32 Å². The molecule has 2 N–H and O–H groups in total. The first-order chi connectivity index (χ1) is 5.18. The molecule has 0 aliphatic heterocycles. The van der Waals surface area contributed by atoms with Crippen molar-refractivity contribution in [1.29, 1.82) is 0 Å². The molecule has 0 bridgehead atoms. The van der Waals surface area contributed by atoms with Gasteiger partial charge in [-0.05, 0) is 0 Å². The standard InChI is InChI=1S/C6H7N3OS/c1-4(10)8-5-2-7-3-6(11)9-5/h2-3H,1H3,(H2,8,9,10,11). The number of anilines is 1. The molecular formula is C6H7N3OS. The first-order valence-electron chi connectivity index (χ1n) is 3.00. The van der Waals surface area contributed by atoms with Crippen LogP contribution in [-0.2, 0) is 4.79 Å². The number of nitrogens with one attached hydrogen (secondary N) is 2. The van der Waals surface area contributed by atoms with E-state index in [0.29, 0.717) is 10.5 Å². The van der Waals surface area contributed by atoms with Crippen LogP contribution in [0.5, 0.6) is 0 Å². The summed E-state index contributed by atoms with van der Waals surface area (Å²) in [5.74, 6) is 0.369. The smallest absolute Gasteiger partial charge is 0.222 e. The second-order valence-electron chi connectivity index (χ2n) is 1.99. The van der Waals surface area contributed by atoms with Gasteiger partial charge in [0.1, 0.15) is 10.5 Å². The fraction of sp³-hybridized carbons (Fsp3) is 0.167. The summed E-state index contributed by atoms with van der Waals surface area (Å²) in [4.78, 5) is 17.1. The van der Waals surface area contributed by atoms with E-state index in [1.807, 2.05) is 0 Å². The summed E-state index contributed by atoms with van der Waals surface area (Å²) >= 11 is 4.78. The highest BCUT2D eigenvalue weighted by molar-refractivity contribution is 7.71. The number of nitrogens with zero attached hydrogens (tertiary/aromatic N) is 1. The Kier molecular flexibility index (Phi) is 2.32. The number of carbonyl (C=O) groups excluding carboxylic acids is 1. The number of amides is 1. The normalized spacial score (nSPS) is 9.18. The molecule has 0 aliphatic rings. The third-order valence-corrected chi connectivity index (χ3v) is 1.17. The second-order valence-corrected chi connectivity index (χ2v) is 2.43. The molecule has 1 amide bonds. The van der Waals surface area contributed by atoms with Gasteiger partial charge in [-0.3, -0.25) is 9.78 Å². The number of hydrogen-bond acceptors (Lipinski definition) is 3. The van der Waals surface area contributed by atoms with Gasteiger partial charge < -0.3 is 10.3 Å². The van der Waals surface area contributed by atoms with Crippen molar-refractivity contribution in [3.8, 4) is 0 Å². The summed E-state index contributed by atoms with van der Waals surface area (Å²) in [6.45, 7) is 1.42. The van der Waals surface area contributed by atoms with Crippen molar-refractivity contribution in [2.75, 3.05) is 5.32 Å². The fourth-order valence-electron chi connectivity index (χ4n) is 0.630. The zero-order valence-electron chi connectivity index (χ0n) is 5.92. The molecule has 11 heavy (non-hydrogen) atoms. The number of aromatic nitrogens is 2. The van der Waals surface area contributed by atoms with Crippen LogP contribution in [0.25, 0.3) is 0 Å². The van der Waals surface area contributed by atoms with E-state index in [9.17, 15) is 4.79 Å². The lowest BCUT2D eigenvalue weighted by atomic mass is 10.6. The lowest BCUT2D eigenvalue weighted by Crippen LogP contribution is -2.07. The quantitative estimate of drug-likeness (QED) is 0.619. The van der Waals surface area contributed by atoms with E-state index in [0.717, 1.165) is 0 Å². The lowest BCUT2D eigenvalue weighted by Gasteiger charge is -1.98. The molecule has 5 heteroatoms. The van der Waals surface area contributed by atoms with E-state index in [1.165, 1.54) is 19.3 Å². The minimum atomic E-state index is -0.149. The predicted octanol–water partition coefficient (Wildman–Crippen LogP) is 1.10. The molecule has 0 atom stereocenters. The maximum absolute atomic E-state index is 10.5. The average Bonchev–Trinajstić information content (AvgIpc) is 1.85. The number of carbonyl (C=O) groups is 1. The van der Waals surface area contributed by atoms with Crippen LogP contribution in [0.15, 0.2) is 12.4 Å². The van der Waals surface area contributed by atoms with Crippen LogP contribution in [-0.4, -0.2) is 15.9 Å². The molecule has 0 saturated heterocycles. The lowest BCUT2D eigenvalue weighted by molar-refractivity contribution is -0.114. The van der Waals surface area contributed by atoms with E-state index in [2.05, 4.69) is 15.3 Å². The van der Waals surface area contributed by atoms with Gasteiger partial charge >= 0.3 is 0 Å². The first-order valence-corrected chi connectivity index (χ1v) is 3.41. The maximum atomic E-state index is 10.5. The third-order valence-electron chi connectivity index (χ3n) is 0.964. The van der Waals surface area contributed by atoms with Gasteiger partial charge in [-0.15, -0.1) is 0 Å². The van der Waals surface area contributed by atoms with E-state index in [1.54, 1.807) is 0 Å². The molecule has 0 saturated carbocycles. The van der Waals surface area contributed by atoms with Gasteiger partial charge in [0.2, 0.25) is 5.91 Å². The Hall–Kier alpha value is -1.23. The molecule has 0 radical (unpaired) electrons. The number of rotatable bonds is 1. The molecule has 4 nitrogen and oxygen atoms in total. The first kappa shape index (κ1) is 7.87. The minimum absolute atomic E-state index is 0.149. The number of aromatic amines is 1. The van der Waals surface area contributed by atoms with Crippen molar-refractivity contribution in [3.05, 3.63) is 17.0 Å². The molecule has 1 heterocycles. The molecular weight excluding hydrogens is 162 g/mol. The average molecular weight is 169 g/mol. The van der Waals surface area contributed by atoms with Crippen molar-refractivity contribution in [3.63, 3.8) is 0 Å². The monoisotopic (exact) mass is 169 g/mol. The molecule has 0 spiro atoms. The Morgan fingerprint density at radius 1 is 1.73 bits per heavy atom. The summed E-state index contributed by atoms with van der Waals surface area (Å²) in [6, 6.07) is 0. The van der Waals surface area contributed by atoms with Gasteiger partial charge in [0, 0.05) is 6.92 Å². The maximum Gasteiger partial charge on any atom is 0.222 e. The SMILES string of the molecule is CC(=O)Nc1cncc(=S)[nH]1. The van der Waals surface area contributed by atoms with Gasteiger partial charge in [-0.1, -0.05) is 12.2 Å². The third kappa shape index (κ3) is 2.46. The molecule has 1 rings (SSSR count). The minimum Gasteiger partial charge on any atom is -0.330 e. The van der Waals surface area contributed by atoms with Crippen LogP contribution in [0.4, 0.5) is 5.82 Å². The molecule has 1 aromatic heterocycles. The van der Waals surface area contributed by atoms with E-state index >= 15 is 0 Å². The van der Waals surface area contributed by atoms with Gasteiger partial charge in [-0.25, -0.2) is 0 Å². The Balaban J connectivity index is 2.88. The van der Waals surface area contributed by atoms with Gasteiger partial charge in [0.15, 0.2) is 0 Å². The predicted molar refractivity (Wildman–Crippen MR) is 43.7 cm³/mol. The summed E-state index contributed by atoms with van der Waals surface area (Å²) in [6.07, 6.45) is 3.00. The Morgan fingerprint density at radius 2 is 2.45 bits per heavy atom. The Labute approximate surface area is 68.7 Å². The van der Waals surface area contributed by atoms with E-state index in [-0.39, 0.29) is 5.91 Å². The van der Waals surface area contributed by atoms with Crippen molar-refractivity contribution >= 4 is 23.9 Å². The van der Waals surface area contributed by atoms with Crippen molar-refractivity contribution in [1.82, 2.24) is 9.97 Å². The molecule has 58 valence electrons. The van der Waals surface area contributed by atoms with Gasteiger partial charge in [-0.2, -0.15) is 0 Å². The highest BCUT2D eigenvalue weighted by atomic mass is 32.1. The fourth-order valence-corrected chi connectivity index (χ4v) is 0.801. The van der Waals surface area contributed by atoms with Crippen molar-refractivity contribution in [2.45, 2.75) is 6.92 Å². The van der Waals surface area contributed by atoms with Crippen LogP contribution in [0.3, 0.4) is 0 Å². The topological polar surface area (TPSA) is 57.8 Å². The van der Waals surface area contributed by atoms with E-state index in [4.69, 9.17) is 12.2 Å². The molecule has 0 unspecified atom stereocenters. The zero-order chi connectivity index (χ0) is 8.27. The van der Waals surface area contributed by atoms with Crippen LogP contribution >= 0.6 is 12.2 Å². The Morgan fingerprint density at radius 3 is 3.00 bits per heavy atom. The van der Waals surface area contributed by atoms with Crippen LogP contribution in [0.2, 0.25) is 0 Å². The van der Waals surface area contributed by atoms with Crippen molar-refractivity contribution in [2.24, 2.45) is 0 Å². The molecule has 1 aromatic rings. The second kappa shape index (κ2) is 3.25. The molecule has 0 fully saturated rings. The summed E-state index contributed by atoms with van der Waals surface area (Å²) in [7, 11) is 0. The zero-order valence-corrected chi connectivity index (χ0v) is 6.73. The molecule has 0 aromatic carbocycles. The highest BCUT2D eigenvalue weighted by Crippen LogP contribution is 1.97. The molecule has 0 aliphatic carbocycles. The van der Waals surface area contributed by atoms with E-state index < -0.39 is 0 Å². The Bertz CT molecular complexity index is 320. The largest absolute Gasteiger partial charge is 0.330 e. The van der Waals surface area contributed by atoms with Gasteiger partial charge in [0.25, 0.3) is 0 Å². The summed E-state index contributed by atoms with van der Waals surface area (Å²) in [5.41, 5.74) is 0. The summed E-state index contributed by atoms with van der Waals surface area (Å²) < 4.78 is 0.497. The van der Waals surface area contributed by atoms with Crippen LogP contribution in [0, 0.1) is 4.64 Å². The van der Waals surface area contributed by atoms with Crippen molar-refractivity contribution < 1.29 is 4.79 Å². The highest BCUT2D eigenvalue weighted by Gasteiger charge is 1.92.